The van der Waals surface area contributed by atoms with Gasteiger partial charge in [-0.15, -0.1) is 6.58 Å². The molecule has 0 aromatic carbocycles. The van der Waals surface area contributed by atoms with Crippen molar-refractivity contribution in [2.45, 2.75) is 116 Å². The van der Waals surface area contributed by atoms with Crippen LogP contribution in [0.2, 0.25) is 0 Å². The molecule has 0 saturated heterocycles. The van der Waals surface area contributed by atoms with Gasteiger partial charge in [0.1, 0.15) is 0 Å². The van der Waals surface area contributed by atoms with Gasteiger partial charge >= 0.3 is 0 Å². The average molecular weight is 350 g/mol. The number of isocyanates is 1. The summed E-state index contributed by atoms with van der Waals surface area (Å²) in [5, 5.41) is 0. The van der Waals surface area contributed by atoms with Crippen LogP contribution in [0.1, 0.15) is 116 Å². The Morgan fingerprint density at radius 1 is 0.760 bits per heavy atom. The van der Waals surface area contributed by atoms with Crippen LogP contribution in [0.5, 0.6) is 0 Å². The summed E-state index contributed by atoms with van der Waals surface area (Å²) < 4.78 is 0. The molecule has 0 spiro atoms. The molecule has 2 heteroatoms. The SMILES string of the molecule is C=CC(CCCCCCCC)CCCCCCCCCCCN=C=O. The molecule has 0 saturated carbocycles. The molecule has 0 heterocycles. The van der Waals surface area contributed by atoms with Crippen molar-refractivity contribution >= 4 is 6.08 Å². The molecule has 1 atom stereocenters. The van der Waals surface area contributed by atoms with Crippen LogP contribution in [-0.2, 0) is 4.79 Å². The minimum Gasteiger partial charge on any atom is -0.211 e. The van der Waals surface area contributed by atoms with Gasteiger partial charge in [-0.1, -0.05) is 103 Å². The summed E-state index contributed by atoms with van der Waals surface area (Å²) >= 11 is 0. The Morgan fingerprint density at radius 2 is 1.20 bits per heavy atom. The molecule has 146 valence electrons. The Bertz CT molecular complexity index is 320. The van der Waals surface area contributed by atoms with Crippen LogP contribution in [0.25, 0.3) is 0 Å². The molecule has 1 unspecified atom stereocenters. The molecule has 0 bridgehead atoms. The number of hydrogen-bond acceptors (Lipinski definition) is 2. The van der Waals surface area contributed by atoms with Gasteiger partial charge in [0.15, 0.2) is 0 Å². The van der Waals surface area contributed by atoms with E-state index in [4.69, 9.17) is 0 Å². The van der Waals surface area contributed by atoms with Gasteiger partial charge in [0, 0.05) is 0 Å². The smallest absolute Gasteiger partial charge is 0.211 e. The van der Waals surface area contributed by atoms with Crippen LogP contribution in [0.15, 0.2) is 17.6 Å². The summed E-state index contributed by atoms with van der Waals surface area (Å²) in [6.45, 7) is 6.98. The van der Waals surface area contributed by atoms with Crippen LogP contribution in [0, 0.1) is 5.92 Å². The number of rotatable bonds is 20. The summed E-state index contributed by atoms with van der Waals surface area (Å²) in [4.78, 5) is 13.5. The number of carbonyl (C=O) groups excluding carboxylic acids is 1. The predicted molar refractivity (Wildman–Crippen MR) is 111 cm³/mol. The molecule has 25 heavy (non-hydrogen) atoms. The third-order valence-corrected chi connectivity index (χ3v) is 5.17. The Labute approximate surface area is 157 Å². The number of allylic oxidation sites excluding steroid dienone is 1. The molecule has 0 aliphatic rings. The summed E-state index contributed by atoms with van der Waals surface area (Å²) in [6, 6.07) is 0. The maximum atomic E-state index is 9.93. The summed E-state index contributed by atoms with van der Waals surface area (Å²) in [5.74, 6) is 0.750. The number of aliphatic imine (C=N–C) groups is 1. The highest BCUT2D eigenvalue weighted by atomic mass is 16.1. The van der Waals surface area contributed by atoms with Crippen molar-refractivity contribution in [1.82, 2.24) is 0 Å². The molecule has 0 aliphatic heterocycles. The zero-order valence-electron chi connectivity index (χ0n) is 16.9. The van der Waals surface area contributed by atoms with Crippen LogP contribution < -0.4 is 0 Å². The van der Waals surface area contributed by atoms with Crippen LogP contribution in [0.4, 0.5) is 0 Å². The van der Waals surface area contributed by atoms with Gasteiger partial charge in [0.05, 0.1) is 6.54 Å². The maximum Gasteiger partial charge on any atom is 0.234 e. The topological polar surface area (TPSA) is 29.4 Å². The van der Waals surface area contributed by atoms with E-state index in [2.05, 4.69) is 24.6 Å². The molecule has 0 fully saturated rings. The first-order valence-corrected chi connectivity index (χ1v) is 11.0. The van der Waals surface area contributed by atoms with E-state index in [9.17, 15) is 4.79 Å². The summed E-state index contributed by atoms with van der Waals surface area (Å²) in [6.07, 6.45) is 26.6. The van der Waals surface area contributed by atoms with E-state index in [0.29, 0.717) is 6.54 Å². The van der Waals surface area contributed by atoms with E-state index in [1.807, 2.05) is 0 Å². The van der Waals surface area contributed by atoms with Gasteiger partial charge in [-0.2, -0.15) is 0 Å². The lowest BCUT2D eigenvalue weighted by Crippen LogP contribution is -1.96. The number of hydrogen-bond donors (Lipinski definition) is 0. The van der Waals surface area contributed by atoms with Gasteiger partial charge in [0.25, 0.3) is 0 Å². The normalized spacial score (nSPS) is 11.9. The maximum absolute atomic E-state index is 9.93. The van der Waals surface area contributed by atoms with E-state index < -0.39 is 0 Å². The molecule has 0 N–H and O–H groups in total. The van der Waals surface area contributed by atoms with E-state index in [1.165, 1.54) is 103 Å². The second-order valence-electron chi connectivity index (χ2n) is 7.50. The largest absolute Gasteiger partial charge is 0.234 e. The number of nitrogens with zero attached hydrogens (tertiary/aromatic N) is 1. The quantitative estimate of drug-likeness (QED) is 0.0954. The highest BCUT2D eigenvalue weighted by Gasteiger charge is 2.04. The summed E-state index contributed by atoms with van der Waals surface area (Å²) in [5.41, 5.74) is 0. The van der Waals surface area contributed by atoms with Gasteiger partial charge in [0.2, 0.25) is 6.08 Å². The molecule has 0 aromatic heterocycles. The van der Waals surface area contributed by atoms with Crippen molar-refractivity contribution in [1.29, 1.82) is 0 Å². The molecule has 0 aliphatic carbocycles. The van der Waals surface area contributed by atoms with Crippen molar-refractivity contribution < 1.29 is 4.79 Å². The average Bonchev–Trinajstić information content (AvgIpc) is 2.63. The molecule has 0 aromatic rings. The zero-order chi connectivity index (χ0) is 18.4. The molecule has 0 amide bonds. The Morgan fingerprint density at radius 3 is 1.64 bits per heavy atom. The second-order valence-corrected chi connectivity index (χ2v) is 7.50. The lowest BCUT2D eigenvalue weighted by molar-refractivity contribution is 0.464. The van der Waals surface area contributed by atoms with Crippen molar-refractivity contribution in [2.24, 2.45) is 10.9 Å². The third kappa shape index (κ3) is 19.3. The van der Waals surface area contributed by atoms with Gasteiger partial charge in [-0.25, -0.2) is 9.79 Å². The lowest BCUT2D eigenvalue weighted by atomic mass is 9.94. The first kappa shape index (κ1) is 24.1. The standard InChI is InChI=1S/C23H43NO/c1-3-5-6-7-13-16-19-23(4-2)20-17-14-11-9-8-10-12-15-18-21-24-22-25/h4,23H,2-3,5-21H2,1H3. The Hall–Kier alpha value is -0.880. The monoisotopic (exact) mass is 349 g/mol. The minimum atomic E-state index is 0.659. The van der Waals surface area contributed by atoms with Crippen molar-refractivity contribution in [3.8, 4) is 0 Å². The van der Waals surface area contributed by atoms with Crippen molar-refractivity contribution in [3.63, 3.8) is 0 Å². The van der Waals surface area contributed by atoms with E-state index in [0.717, 1.165) is 12.3 Å². The highest BCUT2D eigenvalue weighted by molar-refractivity contribution is 5.32. The fraction of sp³-hybridized carbons (Fsp3) is 0.870. The number of unbranched alkanes of at least 4 members (excludes halogenated alkanes) is 13. The van der Waals surface area contributed by atoms with Crippen molar-refractivity contribution in [3.05, 3.63) is 12.7 Å². The molecular weight excluding hydrogens is 306 g/mol. The first-order valence-electron chi connectivity index (χ1n) is 11.0. The Balaban J connectivity index is 3.29. The van der Waals surface area contributed by atoms with Crippen molar-refractivity contribution in [2.75, 3.05) is 6.54 Å². The fourth-order valence-corrected chi connectivity index (χ4v) is 3.45. The minimum absolute atomic E-state index is 0.659. The van der Waals surface area contributed by atoms with E-state index >= 15 is 0 Å². The van der Waals surface area contributed by atoms with Crippen LogP contribution in [0.3, 0.4) is 0 Å². The van der Waals surface area contributed by atoms with Crippen LogP contribution >= 0.6 is 0 Å². The molecule has 0 rings (SSSR count). The van der Waals surface area contributed by atoms with Gasteiger partial charge < -0.3 is 0 Å². The molecule has 2 nitrogen and oxygen atoms in total. The highest BCUT2D eigenvalue weighted by Crippen LogP contribution is 2.20. The predicted octanol–water partition coefficient (Wildman–Crippen LogP) is 7.78. The second kappa shape index (κ2) is 21.2. The zero-order valence-corrected chi connectivity index (χ0v) is 16.9. The fourth-order valence-electron chi connectivity index (χ4n) is 3.45. The molecular formula is C23H43NO. The Kier molecular flexibility index (Phi) is 20.4. The summed E-state index contributed by atoms with van der Waals surface area (Å²) in [7, 11) is 0. The third-order valence-electron chi connectivity index (χ3n) is 5.17. The molecule has 0 radical (unpaired) electrons. The first-order chi connectivity index (χ1) is 12.3. The van der Waals surface area contributed by atoms with E-state index in [1.54, 1.807) is 6.08 Å². The lowest BCUT2D eigenvalue weighted by Gasteiger charge is -2.12. The van der Waals surface area contributed by atoms with Gasteiger partial charge in [-0.3, -0.25) is 0 Å². The van der Waals surface area contributed by atoms with Crippen LogP contribution in [-0.4, -0.2) is 12.6 Å². The van der Waals surface area contributed by atoms with E-state index in [-0.39, 0.29) is 0 Å². The van der Waals surface area contributed by atoms with Gasteiger partial charge in [-0.05, 0) is 25.2 Å².